The van der Waals surface area contributed by atoms with Crippen LogP contribution in [0.2, 0.25) is 0 Å². The van der Waals surface area contributed by atoms with Gasteiger partial charge < -0.3 is 9.26 Å². The predicted octanol–water partition coefficient (Wildman–Crippen LogP) is 0.937. The molecular weight excluding hydrogens is 106 g/mol. The van der Waals surface area contributed by atoms with Gasteiger partial charge in [-0.05, 0) is 6.07 Å². The Morgan fingerprint density at radius 3 is 2.25 bits per heavy atom. The lowest BCUT2D eigenvalue weighted by Crippen LogP contribution is -1.55. The predicted molar refractivity (Wildman–Crippen MR) is 29.4 cm³/mol. The summed E-state index contributed by atoms with van der Waals surface area (Å²) in [6.07, 6.45) is 3.10. The molecule has 0 amide bonds. The van der Waals surface area contributed by atoms with Crippen LogP contribution in [0.1, 0.15) is 0 Å². The topological polar surface area (TPSA) is 35.3 Å². The van der Waals surface area contributed by atoms with Crippen LogP contribution in [0.4, 0.5) is 0 Å². The average Bonchev–Trinajstić information content (AvgIpc) is 2.17. The monoisotopic (exact) mass is 115 g/mol. The third kappa shape index (κ3) is 5.17. The van der Waals surface area contributed by atoms with E-state index in [1.54, 1.807) is 26.5 Å². The second kappa shape index (κ2) is 6.17. The van der Waals surface area contributed by atoms with Crippen molar-refractivity contribution in [1.29, 1.82) is 0 Å². The van der Waals surface area contributed by atoms with Gasteiger partial charge in [0.25, 0.3) is 0 Å². The number of hydrogen-bond acceptors (Lipinski definition) is 3. The normalized spacial score (nSPS) is 7.25. The van der Waals surface area contributed by atoms with Crippen molar-refractivity contribution >= 4 is 0 Å². The van der Waals surface area contributed by atoms with Crippen molar-refractivity contribution in [1.82, 2.24) is 5.16 Å². The lowest BCUT2D eigenvalue weighted by Gasteiger charge is -1.61. The van der Waals surface area contributed by atoms with Gasteiger partial charge in [0.15, 0.2) is 0 Å². The molecule has 1 aromatic heterocycles. The van der Waals surface area contributed by atoms with Gasteiger partial charge in [-0.1, -0.05) is 5.16 Å². The number of nitrogens with zero attached hydrogens (tertiary/aromatic N) is 1. The van der Waals surface area contributed by atoms with Crippen LogP contribution in [0.3, 0.4) is 0 Å². The highest BCUT2D eigenvalue weighted by atomic mass is 16.5. The van der Waals surface area contributed by atoms with Crippen LogP contribution < -0.4 is 0 Å². The Hall–Kier alpha value is -0.830. The molecule has 0 aromatic carbocycles. The summed E-state index contributed by atoms with van der Waals surface area (Å²) in [5.41, 5.74) is 0. The van der Waals surface area contributed by atoms with Crippen molar-refractivity contribution in [2.45, 2.75) is 0 Å². The molecule has 3 nitrogen and oxygen atoms in total. The van der Waals surface area contributed by atoms with E-state index in [1.807, 2.05) is 0 Å². The van der Waals surface area contributed by atoms with Crippen LogP contribution in [-0.2, 0) is 4.74 Å². The van der Waals surface area contributed by atoms with Gasteiger partial charge in [-0.25, -0.2) is 0 Å². The summed E-state index contributed by atoms with van der Waals surface area (Å²) in [5.74, 6) is 0. The fourth-order valence-corrected chi connectivity index (χ4v) is 0.176. The summed E-state index contributed by atoms with van der Waals surface area (Å²) >= 11 is 0. The first-order valence-corrected chi connectivity index (χ1v) is 2.16. The minimum atomic E-state index is 1.51. The van der Waals surface area contributed by atoms with E-state index in [2.05, 4.69) is 14.4 Å². The lowest BCUT2D eigenvalue weighted by molar-refractivity contribution is 0.277. The van der Waals surface area contributed by atoms with Crippen LogP contribution >= 0.6 is 0 Å². The molecule has 3 heteroatoms. The van der Waals surface area contributed by atoms with Gasteiger partial charge in [0.05, 0.1) is 6.20 Å². The SMILES string of the molecule is COC.c1cnoc1. The number of hydrogen-bond donors (Lipinski definition) is 0. The molecule has 0 fully saturated rings. The molecule has 0 atom stereocenters. The Morgan fingerprint density at radius 1 is 1.50 bits per heavy atom. The highest BCUT2D eigenvalue weighted by Crippen LogP contribution is 1.72. The molecular formula is C5H9NO2. The summed E-state index contributed by atoms with van der Waals surface area (Å²) in [6, 6.07) is 1.72. The molecule has 0 aliphatic carbocycles. The van der Waals surface area contributed by atoms with Crippen molar-refractivity contribution in [2.24, 2.45) is 0 Å². The summed E-state index contributed by atoms with van der Waals surface area (Å²) in [5, 5.41) is 3.35. The van der Waals surface area contributed by atoms with Crippen molar-refractivity contribution in [3.63, 3.8) is 0 Å². The first-order valence-electron chi connectivity index (χ1n) is 2.16. The number of rotatable bonds is 0. The van der Waals surface area contributed by atoms with Crippen molar-refractivity contribution in [3.05, 3.63) is 18.5 Å². The van der Waals surface area contributed by atoms with E-state index in [-0.39, 0.29) is 0 Å². The Balaban J connectivity index is 0.000000145. The largest absolute Gasteiger partial charge is 0.388 e. The highest BCUT2D eigenvalue weighted by Gasteiger charge is 1.60. The molecule has 0 aliphatic heterocycles. The van der Waals surface area contributed by atoms with E-state index in [4.69, 9.17) is 0 Å². The Labute approximate surface area is 48.2 Å². The third-order valence-electron chi connectivity index (χ3n) is 0.347. The van der Waals surface area contributed by atoms with Gasteiger partial charge in [-0.15, -0.1) is 0 Å². The van der Waals surface area contributed by atoms with Crippen LogP contribution in [-0.4, -0.2) is 19.4 Å². The zero-order valence-corrected chi connectivity index (χ0v) is 5.00. The summed E-state index contributed by atoms with van der Waals surface area (Å²) in [6.45, 7) is 0. The molecule has 0 radical (unpaired) electrons. The smallest absolute Gasteiger partial charge is 0.123 e. The number of ether oxygens (including phenoxy) is 1. The fraction of sp³-hybridized carbons (Fsp3) is 0.400. The molecule has 0 N–H and O–H groups in total. The molecule has 0 saturated carbocycles. The number of aromatic nitrogens is 1. The summed E-state index contributed by atoms with van der Waals surface area (Å²) < 4.78 is 8.58. The van der Waals surface area contributed by atoms with E-state index in [9.17, 15) is 0 Å². The van der Waals surface area contributed by atoms with Crippen LogP contribution in [0.15, 0.2) is 23.0 Å². The highest BCUT2D eigenvalue weighted by molar-refractivity contribution is 4.67. The Bertz CT molecular complexity index is 77.3. The molecule has 0 spiro atoms. The van der Waals surface area contributed by atoms with E-state index in [0.29, 0.717) is 0 Å². The van der Waals surface area contributed by atoms with Crippen molar-refractivity contribution < 1.29 is 9.26 Å². The fourth-order valence-electron chi connectivity index (χ4n) is 0.176. The lowest BCUT2D eigenvalue weighted by atomic mass is 10.8. The second-order valence-corrected chi connectivity index (χ2v) is 1.10. The van der Waals surface area contributed by atoms with Gasteiger partial charge >= 0.3 is 0 Å². The van der Waals surface area contributed by atoms with Gasteiger partial charge in [0.2, 0.25) is 0 Å². The van der Waals surface area contributed by atoms with Gasteiger partial charge in [0, 0.05) is 14.2 Å². The standard InChI is InChI=1S/C3H3NO.C2H6O/c1-2-4-5-3-1;1-3-2/h1-3H;1-2H3. The minimum absolute atomic E-state index is 1.51. The van der Waals surface area contributed by atoms with Gasteiger partial charge in [-0.2, -0.15) is 0 Å². The maximum absolute atomic E-state index is 4.33. The third-order valence-corrected chi connectivity index (χ3v) is 0.347. The average molecular weight is 115 g/mol. The van der Waals surface area contributed by atoms with Crippen LogP contribution in [0.25, 0.3) is 0 Å². The van der Waals surface area contributed by atoms with Gasteiger partial charge in [-0.3, -0.25) is 0 Å². The number of methoxy groups -OCH3 is 1. The Kier molecular flexibility index (Phi) is 5.53. The molecule has 0 saturated heterocycles. The zero-order valence-electron chi connectivity index (χ0n) is 5.00. The first-order chi connectivity index (χ1) is 3.91. The van der Waals surface area contributed by atoms with E-state index >= 15 is 0 Å². The molecule has 0 aliphatic rings. The zero-order chi connectivity index (χ0) is 6.24. The molecule has 1 rings (SSSR count). The van der Waals surface area contributed by atoms with Gasteiger partial charge in [0.1, 0.15) is 6.26 Å². The molecule has 1 aromatic rings. The molecule has 0 unspecified atom stereocenters. The van der Waals surface area contributed by atoms with Crippen LogP contribution in [0, 0.1) is 0 Å². The quantitative estimate of drug-likeness (QED) is 0.504. The molecule has 46 valence electrons. The minimum Gasteiger partial charge on any atom is -0.388 e. The summed E-state index contributed by atoms with van der Waals surface area (Å²) in [7, 11) is 3.25. The maximum Gasteiger partial charge on any atom is 0.123 e. The molecule has 1 heterocycles. The first kappa shape index (κ1) is 7.17. The molecule has 8 heavy (non-hydrogen) atoms. The maximum atomic E-state index is 4.33. The van der Waals surface area contributed by atoms with E-state index in [1.165, 1.54) is 6.26 Å². The van der Waals surface area contributed by atoms with Crippen molar-refractivity contribution in [3.8, 4) is 0 Å². The second-order valence-electron chi connectivity index (χ2n) is 1.10. The molecule has 0 bridgehead atoms. The van der Waals surface area contributed by atoms with Crippen LogP contribution in [0.5, 0.6) is 0 Å². The van der Waals surface area contributed by atoms with Crippen molar-refractivity contribution in [2.75, 3.05) is 14.2 Å². The Morgan fingerprint density at radius 2 is 2.12 bits per heavy atom. The van der Waals surface area contributed by atoms with E-state index < -0.39 is 0 Å². The summed E-state index contributed by atoms with van der Waals surface area (Å²) in [4.78, 5) is 0. The van der Waals surface area contributed by atoms with E-state index in [0.717, 1.165) is 0 Å².